The summed E-state index contributed by atoms with van der Waals surface area (Å²) in [5.74, 6) is 0.521. The smallest absolute Gasteiger partial charge is 0.238 e. The molecule has 1 heterocycles. The zero-order valence-corrected chi connectivity index (χ0v) is 13.2. The Morgan fingerprint density at radius 1 is 1.00 bits per heavy atom. The Labute approximate surface area is 131 Å². The Morgan fingerprint density at radius 3 is 2.32 bits per heavy atom. The van der Waals surface area contributed by atoms with Gasteiger partial charge in [-0.25, -0.2) is 13.6 Å². The van der Waals surface area contributed by atoms with Gasteiger partial charge in [-0.3, -0.25) is 0 Å². The molecule has 0 aromatic heterocycles. The van der Waals surface area contributed by atoms with Crippen LogP contribution in [-0.2, 0) is 10.0 Å². The number of anilines is 1. The molecule has 0 radical (unpaired) electrons. The van der Waals surface area contributed by atoms with Gasteiger partial charge in [-0.2, -0.15) is 0 Å². The highest BCUT2D eigenvalue weighted by Gasteiger charge is 2.21. The maximum atomic E-state index is 11.3. The van der Waals surface area contributed by atoms with Crippen molar-refractivity contribution in [2.24, 2.45) is 5.14 Å². The van der Waals surface area contributed by atoms with Crippen molar-refractivity contribution in [1.29, 1.82) is 0 Å². The highest BCUT2D eigenvalue weighted by molar-refractivity contribution is 7.89. The van der Waals surface area contributed by atoms with E-state index in [0.717, 1.165) is 25.2 Å². The predicted octanol–water partition coefficient (Wildman–Crippen LogP) is 2.72. The van der Waals surface area contributed by atoms with Crippen LogP contribution in [0.5, 0.6) is 0 Å². The minimum atomic E-state index is -3.62. The molecule has 0 bridgehead atoms. The molecule has 0 spiro atoms. The Kier molecular flexibility index (Phi) is 4.18. The van der Waals surface area contributed by atoms with E-state index in [0.29, 0.717) is 5.92 Å². The van der Waals surface area contributed by atoms with Crippen molar-refractivity contribution in [3.05, 3.63) is 60.2 Å². The highest BCUT2D eigenvalue weighted by atomic mass is 32.2. The monoisotopic (exact) mass is 316 g/mol. The number of nitrogens with two attached hydrogens (primary N) is 1. The number of sulfonamides is 1. The molecule has 1 aliphatic rings. The van der Waals surface area contributed by atoms with Crippen LogP contribution in [0.15, 0.2) is 59.5 Å². The van der Waals surface area contributed by atoms with Crippen LogP contribution in [-0.4, -0.2) is 21.5 Å². The number of primary sulfonamides is 1. The molecule has 2 aromatic rings. The minimum absolute atomic E-state index is 0.160. The van der Waals surface area contributed by atoms with Crippen molar-refractivity contribution in [1.82, 2.24) is 0 Å². The lowest BCUT2D eigenvalue weighted by Crippen LogP contribution is -2.34. The topological polar surface area (TPSA) is 63.4 Å². The van der Waals surface area contributed by atoms with Crippen LogP contribution in [0.4, 0.5) is 5.69 Å². The number of piperidine rings is 1. The third kappa shape index (κ3) is 3.31. The van der Waals surface area contributed by atoms with Gasteiger partial charge in [-0.15, -0.1) is 0 Å². The van der Waals surface area contributed by atoms with Crippen molar-refractivity contribution in [3.8, 4) is 0 Å². The molecule has 2 aromatic carbocycles. The quantitative estimate of drug-likeness (QED) is 0.947. The molecule has 1 atom stereocenters. The van der Waals surface area contributed by atoms with Gasteiger partial charge in [0, 0.05) is 24.7 Å². The van der Waals surface area contributed by atoms with E-state index in [1.807, 2.05) is 18.2 Å². The zero-order valence-electron chi connectivity index (χ0n) is 12.4. The van der Waals surface area contributed by atoms with E-state index < -0.39 is 10.0 Å². The Morgan fingerprint density at radius 2 is 1.68 bits per heavy atom. The van der Waals surface area contributed by atoms with Crippen molar-refractivity contribution >= 4 is 15.7 Å². The summed E-state index contributed by atoms with van der Waals surface area (Å²) in [4.78, 5) is 2.47. The normalized spacial score (nSPS) is 19.1. The molecule has 5 heteroatoms. The van der Waals surface area contributed by atoms with Crippen molar-refractivity contribution in [2.75, 3.05) is 18.0 Å². The highest BCUT2D eigenvalue weighted by Crippen LogP contribution is 2.30. The number of hydrogen-bond donors (Lipinski definition) is 1. The molecule has 2 N–H and O–H groups in total. The second-order valence-electron chi connectivity index (χ2n) is 5.73. The van der Waals surface area contributed by atoms with E-state index in [9.17, 15) is 8.42 Å². The molecule has 0 saturated carbocycles. The maximum absolute atomic E-state index is 11.3. The third-order valence-electron chi connectivity index (χ3n) is 4.22. The molecule has 22 heavy (non-hydrogen) atoms. The van der Waals surface area contributed by atoms with Crippen molar-refractivity contribution < 1.29 is 8.42 Å². The van der Waals surface area contributed by atoms with E-state index in [2.05, 4.69) is 29.2 Å². The number of hydrogen-bond acceptors (Lipinski definition) is 3. The van der Waals surface area contributed by atoms with E-state index in [-0.39, 0.29) is 4.90 Å². The van der Waals surface area contributed by atoms with Gasteiger partial charge in [0.25, 0.3) is 0 Å². The lowest BCUT2D eigenvalue weighted by Gasteiger charge is -2.34. The van der Waals surface area contributed by atoms with Crippen molar-refractivity contribution in [3.63, 3.8) is 0 Å². The lowest BCUT2D eigenvalue weighted by atomic mass is 9.90. The third-order valence-corrected chi connectivity index (χ3v) is 5.15. The van der Waals surface area contributed by atoms with E-state index in [4.69, 9.17) is 5.14 Å². The fourth-order valence-electron chi connectivity index (χ4n) is 3.06. The second kappa shape index (κ2) is 6.10. The Bertz CT molecular complexity index is 727. The molecular weight excluding hydrogens is 296 g/mol. The van der Waals surface area contributed by atoms with Gasteiger partial charge in [0.15, 0.2) is 0 Å². The average molecular weight is 316 g/mol. The standard InChI is InChI=1S/C17H20N2O2S/c18-22(20,21)17-10-8-16(9-11-17)19-12-4-7-15(13-19)14-5-2-1-3-6-14/h1-3,5-6,8-11,15H,4,7,12-13H2,(H2,18,20,21). The van der Waals surface area contributed by atoms with Crippen LogP contribution in [0, 0.1) is 0 Å². The van der Waals surface area contributed by atoms with E-state index in [1.165, 1.54) is 12.0 Å². The van der Waals surface area contributed by atoms with Crippen LogP contribution < -0.4 is 10.0 Å². The summed E-state index contributed by atoms with van der Waals surface area (Å²) in [7, 11) is -3.62. The molecule has 0 aliphatic carbocycles. The van der Waals surface area contributed by atoms with Gasteiger partial charge >= 0.3 is 0 Å². The molecule has 1 saturated heterocycles. The largest absolute Gasteiger partial charge is 0.371 e. The molecule has 3 rings (SSSR count). The van der Waals surface area contributed by atoms with E-state index in [1.54, 1.807) is 12.1 Å². The van der Waals surface area contributed by atoms with E-state index >= 15 is 0 Å². The molecule has 1 aliphatic heterocycles. The molecule has 1 fully saturated rings. The van der Waals surface area contributed by atoms with Gasteiger partial charge in [-0.05, 0) is 42.7 Å². The summed E-state index contributed by atoms with van der Waals surface area (Å²) in [6.45, 7) is 1.96. The van der Waals surface area contributed by atoms with Crippen LogP contribution >= 0.6 is 0 Å². The number of benzene rings is 2. The zero-order chi connectivity index (χ0) is 15.6. The average Bonchev–Trinajstić information content (AvgIpc) is 2.55. The van der Waals surface area contributed by atoms with Gasteiger partial charge in [0.05, 0.1) is 4.90 Å². The Hall–Kier alpha value is -1.85. The summed E-state index contributed by atoms with van der Waals surface area (Å²) >= 11 is 0. The van der Waals surface area contributed by atoms with Gasteiger partial charge in [0.2, 0.25) is 10.0 Å². The van der Waals surface area contributed by atoms with Crippen LogP contribution in [0.2, 0.25) is 0 Å². The molecule has 1 unspecified atom stereocenters. The van der Waals surface area contributed by atoms with Crippen LogP contribution in [0.1, 0.15) is 24.3 Å². The molecule has 0 amide bonds. The van der Waals surface area contributed by atoms with Crippen LogP contribution in [0.25, 0.3) is 0 Å². The summed E-state index contributed by atoms with van der Waals surface area (Å²) in [6.07, 6.45) is 2.33. The molecule has 4 nitrogen and oxygen atoms in total. The minimum Gasteiger partial charge on any atom is -0.371 e. The first-order chi connectivity index (χ1) is 10.5. The van der Waals surface area contributed by atoms with Gasteiger partial charge in [0.1, 0.15) is 0 Å². The first kappa shape index (κ1) is 15.1. The van der Waals surface area contributed by atoms with Gasteiger partial charge in [-0.1, -0.05) is 30.3 Å². The predicted molar refractivity (Wildman–Crippen MR) is 88.4 cm³/mol. The fraction of sp³-hybridized carbons (Fsp3) is 0.294. The number of nitrogens with zero attached hydrogens (tertiary/aromatic N) is 1. The lowest BCUT2D eigenvalue weighted by molar-refractivity contribution is 0.510. The Balaban J connectivity index is 1.77. The van der Waals surface area contributed by atoms with Crippen molar-refractivity contribution in [2.45, 2.75) is 23.7 Å². The maximum Gasteiger partial charge on any atom is 0.238 e. The molecular formula is C17H20N2O2S. The first-order valence-corrected chi connectivity index (χ1v) is 9.01. The molecule has 116 valence electrons. The fourth-order valence-corrected chi connectivity index (χ4v) is 3.57. The SMILES string of the molecule is NS(=O)(=O)c1ccc(N2CCCC(c3ccccc3)C2)cc1. The summed E-state index contributed by atoms with van der Waals surface area (Å²) in [6, 6.07) is 17.4. The second-order valence-corrected chi connectivity index (χ2v) is 7.30. The number of rotatable bonds is 3. The summed E-state index contributed by atoms with van der Waals surface area (Å²) in [5.41, 5.74) is 2.42. The van der Waals surface area contributed by atoms with Crippen LogP contribution in [0.3, 0.4) is 0 Å². The summed E-state index contributed by atoms with van der Waals surface area (Å²) in [5, 5.41) is 5.14. The first-order valence-electron chi connectivity index (χ1n) is 7.47. The van der Waals surface area contributed by atoms with Gasteiger partial charge < -0.3 is 4.90 Å². The summed E-state index contributed by atoms with van der Waals surface area (Å²) < 4.78 is 22.6.